The standard InChI is InChI=1S/C17H19N3O5/c1-4-25-17(22)16-11(8-18-20-16)10-7-14(21)19-12-5-9(23-2)6-13(24-3)15(10)12/h5-6,8,10H,4,7H2,1-3H3,(H,18,20)(H,19,21). The Hall–Kier alpha value is -3.03. The number of fused-ring (bicyclic) bond motifs is 1. The molecule has 1 unspecified atom stereocenters. The molecule has 0 radical (unpaired) electrons. The van der Waals surface area contributed by atoms with Crippen LogP contribution in [-0.2, 0) is 9.53 Å². The van der Waals surface area contributed by atoms with Crippen LogP contribution in [-0.4, -0.2) is 42.9 Å². The largest absolute Gasteiger partial charge is 0.497 e. The maximum absolute atomic E-state index is 12.2. The van der Waals surface area contributed by atoms with Crippen LogP contribution < -0.4 is 14.8 Å². The first kappa shape index (κ1) is 16.8. The SMILES string of the molecule is CCOC(=O)c1[nH]ncc1C1CC(=O)Nc2cc(OC)cc(OC)c21. The van der Waals surface area contributed by atoms with Crippen LogP contribution in [0.4, 0.5) is 5.69 Å². The number of esters is 1. The fraction of sp³-hybridized carbons (Fsp3) is 0.353. The van der Waals surface area contributed by atoms with E-state index in [4.69, 9.17) is 14.2 Å². The van der Waals surface area contributed by atoms with Gasteiger partial charge in [-0.15, -0.1) is 0 Å². The summed E-state index contributed by atoms with van der Waals surface area (Å²) in [5, 5.41) is 9.47. The molecule has 0 fully saturated rings. The van der Waals surface area contributed by atoms with E-state index in [1.54, 1.807) is 32.4 Å². The summed E-state index contributed by atoms with van der Waals surface area (Å²) >= 11 is 0. The summed E-state index contributed by atoms with van der Waals surface area (Å²) in [6, 6.07) is 3.47. The van der Waals surface area contributed by atoms with Crippen molar-refractivity contribution >= 4 is 17.6 Å². The molecule has 2 N–H and O–H groups in total. The fourth-order valence-corrected chi connectivity index (χ4v) is 3.03. The molecule has 0 bridgehead atoms. The molecule has 132 valence electrons. The number of aromatic nitrogens is 2. The van der Waals surface area contributed by atoms with Gasteiger partial charge in [0.05, 0.1) is 32.7 Å². The lowest BCUT2D eigenvalue weighted by atomic mass is 9.84. The lowest BCUT2D eigenvalue weighted by molar-refractivity contribution is -0.116. The number of hydrogen-bond acceptors (Lipinski definition) is 6. The van der Waals surface area contributed by atoms with E-state index in [0.29, 0.717) is 22.7 Å². The highest BCUT2D eigenvalue weighted by Gasteiger charge is 2.34. The Kier molecular flexibility index (Phi) is 4.60. The van der Waals surface area contributed by atoms with Gasteiger partial charge in [0, 0.05) is 35.6 Å². The predicted octanol–water partition coefficient (Wildman–Crippen LogP) is 2.08. The van der Waals surface area contributed by atoms with Gasteiger partial charge in [-0.3, -0.25) is 9.89 Å². The summed E-state index contributed by atoms with van der Waals surface area (Å²) in [4.78, 5) is 24.4. The number of ether oxygens (including phenoxy) is 3. The third kappa shape index (κ3) is 3.02. The summed E-state index contributed by atoms with van der Waals surface area (Å²) in [6.07, 6.45) is 1.71. The molecule has 1 amide bonds. The highest BCUT2D eigenvalue weighted by Crippen LogP contribution is 2.45. The van der Waals surface area contributed by atoms with Gasteiger partial charge in [0.2, 0.25) is 5.91 Å². The Labute approximate surface area is 144 Å². The zero-order valence-electron chi connectivity index (χ0n) is 14.2. The molecule has 0 saturated heterocycles. The molecule has 1 aliphatic heterocycles. The number of amides is 1. The molecule has 0 saturated carbocycles. The summed E-state index contributed by atoms with van der Waals surface area (Å²) < 4.78 is 15.8. The summed E-state index contributed by atoms with van der Waals surface area (Å²) in [6.45, 7) is 1.98. The molecular formula is C17H19N3O5. The Morgan fingerprint density at radius 2 is 2.12 bits per heavy atom. The van der Waals surface area contributed by atoms with Gasteiger partial charge in [-0.1, -0.05) is 0 Å². The van der Waals surface area contributed by atoms with E-state index in [1.807, 2.05) is 0 Å². The lowest BCUT2D eigenvalue weighted by Gasteiger charge is -2.27. The Bertz CT molecular complexity index is 815. The molecule has 25 heavy (non-hydrogen) atoms. The van der Waals surface area contributed by atoms with Gasteiger partial charge in [-0.25, -0.2) is 4.79 Å². The second kappa shape index (κ2) is 6.84. The van der Waals surface area contributed by atoms with Crippen molar-refractivity contribution in [3.05, 3.63) is 35.2 Å². The van der Waals surface area contributed by atoms with Crippen LogP contribution in [0.15, 0.2) is 18.3 Å². The number of carbonyl (C=O) groups is 2. The third-order valence-electron chi connectivity index (χ3n) is 4.11. The molecule has 1 aromatic heterocycles. The molecule has 1 aromatic carbocycles. The predicted molar refractivity (Wildman–Crippen MR) is 89.2 cm³/mol. The number of benzene rings is 1. The molecular weight excluding hydrogens is 326 g/mol. The number of H-pyrrole nitrogens is 1. The first-order valence-corrected chi connectivity index (χ1v) is 7.85. The number of carbonyl (C=O) groups excluding carboxylic acids is 2. The summed E-state index contributed by atoms with van der Waals surface area (Å²) in [5.41, 5.74) is 2.20. The Balaban J connectivity index is 2.13. The fourth-order valence-electron chi connectivity index (χ4n) is 3.03. The minimum atomic E-state index is -0.505. The van der Waals surface area contributed by atoms with E-state index >= 15 is 0 Å². The van der Waals surface area contributed by atoms with Crippen molar-refractivity contribution in [3.8, 4) is 11.5 Å². The van der Waals surface area contributed by atoms with Gasteiger partial charge in [-0.2, -0.15) is 5.10 Å². The molecule has 2 heterocycles. The minimum absolute atomic E-state index is 0.163. The van der Waals surface area contributed by atoms with Crippen molar-refractivity contribution in [2.24, 2.45) is 0 Å². The molecule has 8 heteroatoms. The van der Waals surface area contributed by atoms with Crippen LogP contribution in [0, 0.1) is 0 Å². The number of nitrogens with zero attached hydrogens (tertiary/aromatic N) is 1. The highest BCUT2D eigenvalue weighted by molar-refractivity contribution is 5.97. The average molecular weight is 345 g/mol. The topological polar surface area (TPSA) is 103 Å². The molecule has 0 spiro atoms. The van der Waals surface area contributed by atoms with E-state index in [0.717, 1.165) is 5.56 Å². The quantitative estimate of drug-likeness (QED) is 0.804. The molecule has 0 aliphatic carbocycles. The maximum Gasteiger partial charge on any atom is 0.356 e. The first-order chi connectivity index (χ1) is 12.1. The van der Waals surface area contributed by atoms with Crippen LogP contribution in [0.3, 0.4) is 0 Å². The van der Waals surface area contributed by atoms with Gasteiger partial charge in [0.1, 0.15) is 17.2 Å². The van der Waals surface area contributed by atoms with Crippen molar-refractivity contribution < 1.29 is 23.8 Å². The average Bonchev–Trinajstić information content (AvgIpc) is 3.09. The second-order valence-electron chi connectivity index (χ2n) is 5.52. The van der Waals surface area contributed by atoms with Gasteiger partial charge in [0.15, 0.2) is 0 Å². The third-order valence-corrected chi connectivity index (χ3v) is 4.11. The van der Waals surface area contributed by atoms with E-state index in [9.17, 15) is 9.59 Å². The first-order valence-electron chi connectivity index (χ1n) is 7.85. The van der Waals surface area contributed by atoms with Crippen molar-refractivity contribution in [1.82, 2.24) is 10.2 Å². The molecule has 1 atom stereocenters. The minimum Gasteiger partial charge on any atom is -0.497 e. The van der Waals surface area contributed by atoms with Gasteiger partial charge in [-0.05, 0) is 6.92 Å². The van der Waals surface area contributed by atoms with Gasteiger partial charge in [0.25, 0.3) is 0 Å². The van der Waals surface area contributed by atoms with Crippen LogP contribution in [0.2, 0.25) is 0 Å². The molecule has 1 aliphatic rings. The van der Waals surface area contributed by atoms with Crippen molar-refractivity contribution in [2.75, 3.05) is 26.1 Å². The van der Waals surface area contributed by atoms with Crippen molar-refractivity contribution in [1.29, 1.82) is 0 Å². The molecule has 3 rings (SSSR count). The Morgan fingerprint density at radius 1 is 1.32 bits per heavy atom. The monoisotopic (exact) mass is 345 g/mol. The maximum atomic E-state index is 12.2. The van der Waals surface area contributed by atoms with Crippen LogP contribution in [0.25, 0.3) is 0 Å². The van der Waals surface area contributed by atoms with E-state index in [2.05, 4.69) is 15.5 Å². The summed E-state index contributed by atoms with van der Waals surface area (Å²) in [7, 11) is 3.09. The number of anilines is 1. The zero-order chi connectivity index (χ0) is 18.0. The normalized spacial score (nSPS) is 16.0. The van der Waals surface area contributed by atoms with Crippen LogP contribution >= 0.6 is 0 Å². The number of aromatic amines is 1. The number of methoxy groups -OCH3 is 2. The Morgan fingerprint density at radius 3 is 2.80 bits per heavy atom. The van der Waals surface area contributed by atoms with Gasteiger partial charge < -0.3 is 19.5 Å². The van der Waals surface area contributed by atoms with Crippen molar-refractivity contribution in [3.63, 3.8) is 0 Å². The highest BCUT2D eigenvalue weighted by atomic mass is 16.5. The number of hydrogen-bond donors (Lipinski definition) is 2. The van der Waals surface area contributed by atoms with Crippen LogP contribution in [0.5, 0.6) is 11.5 Å². The zero-order valence-corrected chi connectivity index (χ0v) is 14.2. The smallest absolute Gasteiger partial charge is 0.356 e. The van der Waals surface area contributed by atoms with Crippen molar-refractivity contribution in [2.45, 2.75) is 19.3 Å². The van der Waals surface area contributed by atoms with Gasteiger partial charge >= 0.3 is 5.97 Å². The summed E-state index contributed by atoms with van der Waals surface area (Å²) in [5.74, 6) is 0.0753. The number of nitrogens with one attached hydrogen (secondary N) is 2. The van der Waals surface area contributed by atoms with E-state index in [-0.39, 0.29) is 30.5 Å². The molecule has 8 nitrogen and oxygen atoms in total. The number of rotatable bonds is 5. The molecule has 2 aromatic rings. The lowest BCUT2D eigenvalue weighted by Crippen LogP contribution is -2.25. The van der Waals surface area contributed by atoms with Crippen LogP contribution in [0.1, 0.15) is 40.9 Å². The van der Waals surface area contributed by atoms with E-state index in [1.165, 1.54) is 7.11 Å². The van der Waals surface area contributed by atoms with E-state index < -0.39 is 5.97 Å². The second-order valence-corrected chi connectivity index (χ2v) is 5.52.